The maximum Gasteiger partial charge on any atom is 0.151 e. The Labute approximate surface area is 207 Å². The van der Waals surface area contributed by atoms with Crippen molar-refractivity contribution in [1.82, 2.24) is 9.80 Å². The van der Waals surface area contributed by atoms with Crippen LogP contribution >= 0.6 is 0 Å². The van der Waals surface area contributed by atoms with E-state index in [2.05, 4.69) is 80.5 Å². The topological polar surface area (TPSA) is 49.8 Å². The SMILES string of the molecule is C(=C\c1ccccc1)/CN1CCN(CC2ON=C3c4cc(N5CCOCC5)ccc4OCC32)CC1. The largest absolute Gasteiger partial charge is 0.492 e. The molecule has 4 aliphatic rings. The maximum absolute atomic E-state index is 6.16. The molecule has 4 aliphatic heterocycles. The molecule has 0 aliphatic carbocycles. The fraction of sp³-hybridized carbons (Fsp3) is 0.464. The van der Waals surface area contributed by atoms with Crippen LogP contribution in [0.5, 0.6) is 5.75 Å². The van der Waals surface area contributed by atoms with Gasteiger partial charge in [0.1, 0.15) is 18.1 Å². The monoisotopic (exact) mass is 474 g/mol. The molecule has 2 saturated heterocycles. The molecule has 35 heavy (non-hydrogen) atoms. The van der Waals surface area contributed by atoms with E-state index in [1.807, 2.05) is 0 Å². The predicted octanol–water partition coefficient (Wildman–Crippen LogP) is 2.97. The second-order valence-electron chi connectivity index (χ2n) is 9.73. The summed E-state index contributed by atoms with van der Waals surface area (Å²) in [5.74, 6) is 1.10. The molecule has 0 spiro atoms. The van der Waals surface area contributed by atoms with Gasteiger partial charge in [-0.25, -0.2) is 0 Å². The number of piperazine rings is 1. The van der Waals surface area contributed by atoms with E-state index >= 15 is 0 Å². The van der Waals surface area contributed by atoms with Crippen molar-refractivity contribution < 1.29 is 14.3 Å². The average Bonchev–Trinajstić information content (AvgIpc) is 3.33. The molecular formula is C28H34N4O3. The molecule has 2 unspecified atom stereocenters. The van der Waals surface area contributed by atoms with Gasteiger partial charge in [0.05, 0.1) is 19.1 Å². The van der Waals surface area contributed by atoms with Crippen molar-refractivity contribution in [1.29, 1.82) is 0 Å². The summed E-state index contributed by atoms with van der Waals surface area (Å²) in [4.78, 5) is 13.4. The van der Waals surface area contributed by atoms with Gasteiger partial charge in [-0.1, -0.05) is 47.6 Å². The average molecular weight is 475 g/mol. The summed E-state index contributed by atoms with van der Waals surface area (Å²) < 4.78 is 11.7. The second kappa shape index (κ2) is 10.4. The van der Waals surface area contributed by atoms with Crippen LogP contribution in [0.25, 0.3) is 6.08 Å². The fourth-order valence-corrected chi connectivity index (χ4v) is 5.39. The number of rotatable bonds is 6. The van der Waals surface area contributed by atoms with Gasteiger partial charge < -0.3 is 19.2 Å². The molecule has 0 bridgehead atoms. The highest BCUT2D eigenvalue weighted by molar-refractivity contribution is 6.06. The van der Waals surface area contributed by atoms with E-state index in [1.54, 1.807) is 0 Å². The molecule has 0 N–H and O–H groups in total. The molecule has 2 fully saturated rings. The van der Waals surface area contributed by atoms with Crippen LogP contribution in [0.15, 0.2) is 59.8 Å². The number of fused-ring (bicyclic) bond motifs is 3. The van der Waals surface area contributed by atoms with Crippen LogP contribution in [-0.4, -0.2) is 93.8 Å². The first-order chi connectivity index (χ1) is 17.3. The normalized spacial score (nSPS) is 25.0. The third kappa shape index (κ3) is 5.08. The van der Waals surface area contributed by atoms with Gasteiger partial charge in [0.15, 0.2) is 6.10 Å². The first kappa shape index (κ1) is 22.6. The Kier molecular flexibility index (Phi) is 6.71. The Bertz CT molecular complexity index is 1060. The zero-order valence-corrected chi connectivity index (χ0v) is 20.2. The molecule has 6 rings (SSSR count). The Hall–Kier alpha value is -2.87. The highest BCUT2D eigenvalue weighted by atomic mass is 16.6. The standard InChI is InChI=1S/C28H34N4O3/c1-2-5-22(6-3-1)7-4-10-30-11-13-31(14-12-30)20-27-25-21-34-26-9-8-23(32-15-17-33-18-16-32)19-24(26)28(25)29-35-27/h1-9,19,25,27H,10-18,20-21H2/b7-4+. The predicted molar refractivity (Wildman–Crippen MR) is 138 cm³/mol. The van der Waals surface area contributed by atoms with Crippen molar-refractivity contribution in [3.8, 4) is 5.75 Å². The molecule has 0 radical (unpaired) electrons. The Morgan fingerprint density at radius 3 is 2.54 bits per heavy atom. The van der Waals surface area contributed by atoms with Crippen LogP contribution in [0, 0.1) is 5.92 Å². The number of morpholine rings is 1. The van der Waals surface area contributed by atoms with Crippen LogP contribution in [0.3, 0.4) is 0 Å². The number of hydrogen-bond acceptors (Lipinski definition) is 7. The second-order valence-corrected chi connectivity index (χ2v) is 9.73. The van der Waals surface area contributed by atoms with E-state index in [0.29, 0.717) is 6.61 Å². The Morgan fingerprint density at radius 1 is 0.914 bits per heavy atom. The zero-order chi connectivity index (χ0) is 23.5. The summed E-state index contributed by atoms with van der Waals surface area (Å²) in [6.07, 6.45) is 4.53. The number of anilines is 1. The van der Waals surface area contributed by atoms with Gasteiger partial charge in [-0.2, -0.15) is 0 Å². The molecule has 2 aromatic carbocycles. The van der Waals surface area contributed by atoms with Gasteiger partial charge in [0, 0.05) is 63.6 Å². The highest BCUT2D eigenvalue weighted by Crippen LogP contribution is 2.36. The van der Waals surface area contributed by atoms with Crippen molar-refractivity contribution in [2.45, 2.75) is 6.10 Å². The summed E-state index contributed by atoms with van der Waals surface area (Å²) in [5, 5.41) is 4.56. The van der Waals surface area contributed by atoms with Crippen LogP contribution in [0.4, 0.5) is 5.69 Å². The number of benzene rings is 2. The van der Waals surface area contributed by atoms with Gasteiger partial charge in [-0.3, -0.25) is 9.80 Å². The lowest BCUT2D eigenvalue weighted by molar-refractivity contribution is 0.0103. The van der Waals surface area contributed by atoms with Crippen LogP contribution in [0.2, 0.25) is 0 Å². The van der Waals surface area contributed by atoms with Crippen molar-refractivity contribution >= 4 is 17.5 Å². The molecule has 0 aromatic heterocycles. The first-order valence-corrected chi connectivity index (χ1v) is 12.8. The minimum atomic E-state index is 0.0507. The lowest BCUT2D eigenvalue weighted by Gasteiger charge is -2.36. The van der Waals surface area contributed by atoms with Gasteiger partial charge in [0.2, 0.25) is 0 Å². The van der Waals surface area contributed by atoms with Crippen LogP contribution < -0.4 is 9.64 Å². The minimum Gasteiger partial charge on any atom is -0.492 e. The molecule has 4 heterocycles. The summed E-state index contributed by atoms with van der Waals surface area (Å²) in [5.41, 5.74) is 4.60. The maximum atomic E-state index is 6.16. The van der Waals surface area contributed by atoms with E-state index in [1.165, 1.54) is 11.3 Å². The Balaban J connectivity index is 1.02. The summed E-state index contributed by atoms with van der Waals surface area (Å²) in [6, 6.07) is 16.9. The summed E-state index contributed by atoms with van der Waals surface area (Å²) in [6.45, 7) is 10.2. The first-order valence-electron chi connectivity index (χ1n) is 12.8. The molecule has 2 aromatic rings. The van der Waals surface area contributed by atoms with E-state index in [9.17, 15) is 0 Å². The molecule has 2 atom stereocenters. The van der Waals surface area contributed by atoms with Crippen molar-refractivity contribution in [3.05, 3.63) is 65.7 Å². The Morgan fingerprint density at radius 2 is 1.71 bits per heavy atom. The van der Waals surface area contributed by atoms with Gasteiger partial charge in [-0.15, -0.1) is 0 Å². The third-order valence-corrected chi connectivity index (χ3v) is 7.50. The lowest BCUT2D eigenvalue weighted by atomic mass is 9.89. The van der Waals surface area contributed by atoms with E-state index < -0.39 is 0 Å². The molecular weight excluding hydrogens is 440 g/mol. The molecule has 7 nitrogen and oxygen atoms in total. The number of nitrogens with zero attached hydrogens (tertiary/aromatic N) is 4. The fourth-order valence-electron chi connectivity index (χ4n) is 5.39. The highest BCUT2D eigenvalue weighted by Gasteiger charge is 2.41. The van der Waals surface area contributed by atoms with Crippen molar-refractivity contribution in [3.63, 3.8) is 0 Å². The lowest BCUT2D eigenvalue weighted by Crippen LogP contribution is -2.50. The number of ether oxygens (including phenoxy) is 2. The van der Waals surface area contributed by atoms with Crippen LogP contribution in [0.1, 0.15) is 11.1 Å². The molecule has 7 heteroatoms. The number of oxime groups is 1. The van der Waals surface area contributed by atoms with Crippen molar-refractivity contribution in [2.24, 2.45) is 11.1 Å². The number of hydrogen-bond donors (Lipinski definition) is 0. The molecule has 184 valence electrons. The summed E-state index contributed by atoms with van der Waals surface area (Å²) in [7, 11) is 0. The molecule has 0 amide bonds. The van der Waals surface area contributed by atoms with E-state index in [-0.39, 0.29) is 12.0 Å². The smallest absolute Gasteiger partial charge is 0.151 e. The minimum absolute atomic E-state index is 0.0507. The van der Waals surface area contributed by atoms with Gasteiger partial charge in [-0.05, 0) is 23.8 Å². The quantitative estimate of drug-likeness (QED) is 0.642. The van der Waals surface area contributed by atoms with Gasteiger partial charge in [0.25, 0.3) is 0 Å². The summed E-state index contributed by atoms with van der Waals surface area (Å²) >= 11 is 0. The zero-order valence-electron chi connectivity index (χ0n) is 20.2. The third-order valence-electron chi connectivity index (χ3n) is 7.50. The molecule has 0 saturated carbocycles. The van der Waals surface area contributed by atoms with Crippen molar-refractivity contribution in [2.75, 3.05) is 77.1 Å². The van der Waals surface area contributed by atoms with E-state index in [4.69, 9.17) is 14.3 Å². The van der Waals surface area contributed by atoms with Gasteiger partial charge >= 0.3 is 0 Å². The van der Waals surface area contributed by atoms with E-state index in [0.717, 1.165) is 82.6 Å². The van der Waals surface area contributed by atoms with Crippen LogP contribution in [-0.2, 0) is 9.57 Å².